The number of anilines is 1. The van der Waals surface area contributed by atoms with Crippen LogP contribution in [0.5, 0.6) is 0 Å². The summed E-state index contributed by atoms with van der Waals surface area (Å²) in [5, 5.41) is 3.87. The molecule has 0 fully saturated rings. The number of aromatic nitrogens is 2. The maximum absolute atomic E-state index is 12.4. The van der Waals surface area contributed by atoms with Gasteiger partial charge in [-0.05, 0) is 17.7 Å². The number of nitrogens with one attached hydrogen (secondary N) is 1. The number of amides is 1. The minimum atomic E-state index is -0.00763. The molecule has 1 heterocycles. The minimum absolute atomic E-state index is 0.00763. The molecule has 6 nitrogen and oxygen atoms in total. The van der Waals surface area contributed by atoms with Crippen LogP contribution in [0.25, 0.3) is 22.3 Å². The summed E-state index contributed by atoms with van der Waals surface area (Å²) in [5.74, 6) is 1.49. The van der Waals surface area contributed by atoms with Crippen LogP contribution in [0.15, 0.2) is 84.9 Å². The number of ether oxygens (including phenoxy) is 1. The molecule has 1 aromatic heterocycles. The zero-order valence-corrected chi connectivity index (χ0v) is 18.8. The monoisotopic (exact) mass is 440 g/mol. The van der Waals surface area contributed by atoms with Crippen LogP contribution < -0.4 is 10.2 Å². The average molecular weight is 441 g/mol. The normalized spacial score (nSPS) is 10.8. The minimum Gasteiger partial charge on any atom is -0.383 e. The number of carbonyl (C=O) groups excluding carboxylic acids is 1. The van der Waals surface area contributed by atoms with Gasteiger partial charge in [-0.3, -0.25) is 4.79 Å². The van der Waals surface area contributed by atoms with Gasteiger partial charge in [0.05, 0.1) is 12.1 Å². The van der Waals surface area contributed by atoms with E-state index in [1.165, 1.54) is 0 Å². The molecule has 0 spiro atoms. The fourth-order valence-electron chi connectivity index (χ4n) is 3.70. The molecule has 0 atom stereocenters. The first-order chi connectivity index (χ1) is 16.2. The van der Waals surface area contributed by atoms with Gasteiger partial charge in [0.25, 0.3) is 0 Å². The number of hydrogen-bond donors (Lipinski definition) is 1. The standard InChI is InChI=1S/C27H28N4O2/c1-33-19-17-28-25(32)16-18-31(20-21-10-4-2-5-11-21)27-23-14-8-9-15-24(23)29-26(30-27)22-12-6-3-7-13-22/h2-15H,16-20H2,1H3,(H,28,32). The first kappa shape index (κ1) is 22.4. The van der Waals surface area contributed by atoms with Gasteiger partial charge in [-0.2, -0.15) is 0 Å². The predicted octanol–water partition coefficient (Wildman–Crippen LogP) is 4.46. The smallest absolute Gasteiger partial charge is 0.221 e. The van der Waals surface area contributed by atoms with Gasteiger partial charge in [0.2, 0.25) is 5.91 Å². The summed E-state index contributed by atoms with van der Waals surface area (Å²) in [5.41, 5.74) is 2.99. The molecular formula is C27H28N4O2. The Kier molecular flexibility index (Phi) is 7.61. The van der Waals surface area contributed by atoms with E-state index >= 15 is 0 Å². The maximum Gasteiger partial charge on any atom is 0.221 e. The Balaban J connectivity index is 1.70. The molecule has 6 heteroatoms. The summed E-state index contributed by atoms with van der Waals surface area (Å²) in [7, 11) is 1.62. The third-order valence-electron chi connectivity index (χ3n) is 5.37. The number of methoxy groups -OCH3 is 1. The number of rotatable bonds is 10. The number of hydrogen-bond acceptors (Lipinski definition) is 5. The first-order valence-corrected chi connectivity index (χ1v) is 11.1. The van der Waals surface area contributed by atoms with Crippen molar-refractivity contribution >= 4 is 22.6 Å². The van der Waals surface area contributed by atoms with E-state index in [1.807, 2.05) is 72.8 Å². The van der Waals surface area contributed by atoms with Gasteiger partial charge in [-0.25, -0.2) is 9.97 Å². The molecule has 0 aliphatic rings. The lowest BCUT2D eigenvalue weighted by Gasteiger charge is -2.25. The molecule has 1 N–H and O–H groups in total. The molecular weight excluding hydrogens is 412 g/mol. The second-order valence-electron chi connectivity index (χ2n) is 7.75. The Morgan fingerprint density at radius 2 is 1.61 bits per heavy atom. The molecule has 0 aliphatic carbocycles. The van der Waals surface area contributed by atoms with Gasteiger partial charge in [0.15, 0.2) is 5.82 Å². The maximum atomic E-state index is 12.4. The zero-order valence-electron chi connectivity index (χ0n) is 18.8. The summed E-state index contributed by atoms with van der Waals surface area (Å²) in [6.45, 7) is 2.17. The van der Waals surface area contributed by atoms with Gasteiger partial charge in [0.1, 0.15) is 5.82 Å². The van der Waals surface area contributed by atoms with Crippen LogP contribution in [0.1, 0.15) is 12.0 Å². The van der Waals surface area contributed by atoms with Crippen LogP contribution in [-0.4, -0.2) is 42.7 Å². The molecule has 0 unspecified atom stereocenters. The van der Waals surface area contributed by atoms with E-state index in [1.54, 1.807) is 7.11 Å². The highest BCUT2D eigenvalue weighted by Crippen LogP contribution is 2.28. The van der Waals surface area contributed by atoms with Crippen LogP contribution in [0.2, 0.25) is 0 Å². The molecule has 3 aromatic carbocycles. The summed E-state index contributed by atoms with van der Waals surface area (Å²) in [4.78, 5) is 24.4. The fourth-order valence-corrected chi connectivity index (χ4v) is 3.70. The summed E-state index contributed by atoms with van der Waals surface area (Å²) >= 11 is 0. The molecule has 1 amide bonds. The highest BCUT2D eigenvalue weighted by Gasteiger charge is 2.17. The van der Waals surface area contributed by atoms with Gasteiger partial charge in [-0.15, -0.1) is 0 Å². The van der Waals surface area contributed by atoms with Crippen LogP contribution in [0, 0.1) is 0 Å². The molecule has 0 saturated heterocycles. The molecule has 0 saturated carbocycles. The highest BCUT2D eigenvalue weighted by molar-refractivity contribution is 5.91. The molecule has 168 valence electrons. The van der Waals surface area contributed by atoms with E-state index in [2.05, 4.69) is 22.3 Å². The third kappa shape index (κ3) is 5.93. The second kappa shape index (κ2) is 11.2. The number of para-hydroxylation sites is 1. The van der Waals surface area contributed by atoms with Crippen LogP contribution >= 0.6 is 0 Å². The van der Waals surface area contributed by atoms with Crippen molar-refractivity contribution in [2.24, 2.45) is 0 Å². The van der Waals surface area contributed by atoms with E-state index in [9.17, 15) is 4.79 Å². The molecule has 0 aliphatic heterocycles. The average Bonchev–Trinajstić information content (AvgIpc) is 2.87. The van der Waals surface area contributed by atoms with E-state index in [0.717, 1.165) is 27.8 Å². The molecule has 0 radical (unpaired) electrons. The second-order valence-corrected chi connectivity index (χ2v) is 7.75. The van der Waals surface area contributed by atoms with Gasteiger partial charge in [0, 0.05) is 44.1 Å². The van der Waals surface area contributed by atoms with Crippen molar-refractivity contribution in [1.82, 2.24) is 15.3 Å². The fraction of sp³-hybridized carbons (Fsp3) is 0.222. The molecule has 33 heavy (non-hydrogen) atoms. The van der Waals surface area contributed by atoms with E-state index in [-0.39, 0.29) is 5.91 Å². The van der Waals surface area contributed by atoms with Crippen LogP contribution in [0.3, 0.4) is 0 Å². The van der Waals surface area contributed by atoms with Crippen molar-refractivity contribution in [3.8, 4) is 11.4 Å². The first-order valence-electron chi connectivity index (χ1n) is 11.1. The summed E-state index contributed by atoms with van der Waals surface area (Å²) in [6, 6.07) is 28.2. The highest BCUT2D eigenvalue weighted by atomic mass is 16.5. The van der Waals surface area contributed by atoms with Crippen molar-refractivity contribution in [2.45, 2.75) is 13.0 Å². The van der Waals surface area contributed by atoms with E-state index in [4.69, 9.17) is 14.7 Å². The Bertz CT molecular complexity index is 1180. The summed E-state index contributed by atoms with van der Waals surface area (Å²) < 4.78 is 5.03. The van der Waals surface area contributed by atoms with Gasteiger partial charge in [-0.1, -0.05) is 72.8 Å². The van der Waals surface area contributed by atoms with Crippen molar-refractivity contribution in [2.75, 3.05) is 31.7 Å². The number of nitrogens with zero attached hydrogens (tertiary/aromatic N) is 3. The molecule has 0 bridgehead atoms. The number of fused-ring (bicyclic) bond motifs is 1. The van der Waals surface area contributed by atoms with Crippen LogP contribution in [-0.2, 0) is 16.1 Å². The Hall–Kier alpha value is -3.77. The third-order valence-corrected chi connectivity index (χ3v) is 5.37. The number of carbonyl (C=O) groups is 1. The molecule has 4 aromatic rings. The SMILES string of the molecule is COCCNC(=O)CCN(Cc1ccccc1)c1nc(-c2ccccc2)nc2ccccc12. The summed E-state index contributed by atoms with van der Waals surface area (Å²) in [6.07, 6.45) is 0.357. The van der Waals surface area contributed by atoms with Gasteiger partial charge >= 0.3 is 0 Å². The largest absolute Gasteiger partial charge is 0.383 e. The topological polar surface area (TPSA) is 67.3 Å². The lowest BCUT2D eigenvalue weighted by atomic mass is 10.1. The van der Waals surface area contributed by atoms with E-state index in [0.29, 0.717) is 38.5 Å². The van der Waals surface area contributed by atoms with Crippen molar-refractivity contribution in [3.63, 3.8) is 0 Å². The Morgan fingerprint density at radius 1 is 0.909 bits per heavy atom. The van der Waals surface area contributed by atoms with Crippen molar-refractivity contribution in [1.29, 1.82) is 0 Å². The quantitative estimate of drug-likeness (QED) is 0.369. The lowest BCUT2D eigenvalue weighted by Crippen LogP contribution is -2.32. The number of benzene rings is 3. The zero-order chi connectivity index (χ0) is 22.9. The predicted molar refractivity (Wildman–Crippen MR) is 132 cm³/mol. The molecule has 4 rings (SSSR count). The van der Waals surface area contributed by atoms with E-state index < -0.39 is 0 Å². The van der Waals surface area contributed by atoms with Crippen molar-refractivity contribution in [3.05, 3.63) is 90.5 Å². The van der Waals surface area contributed by atoms with Crippen LogP contribution in [0.4, 0.5) is 5.82 Å². The lowest BCUT2D eigenvalue weighted by molar-refractivity contribution is -0.121. The van der Waals surface area contributed by atoms with Crippen molar-refractivity contribution < 1.29 is 9.53 Å². The Labute approximate surface area is 194 Å². The van der Waals surface area contributed by atoms with Gasteiger partial charge < -0.3 is 15.0 Å². The Morgan fingerprint density at radius 3 is 2.36 bits per heavy atom.